The lowest BCUT2D eigenvalue weighted by molar-refractivity contribution is 0.0561. The van der Waals surface area contributed by atoms with Crippen LogP contribution in [-0.4, -0.2) is 19.6 Å². The number of nitrogens with zero attached hydrogens (tertiary/aromatic N) is 4. The molecule has 2 aromatic heterocycles. The van der Waals surface area contributed by atoms with Crippen LogP contribution in [0.3, 0.4) is 0 Å². The zero-order valence-corrected chi connectivity index (χ0v) is 12.1. The lowest BCUT2D eigenvalue weighted by atomic mass is 10.3. The topological polar surface area (TPSA) is 47.7 Å². The molecule has 8 heteroatoms. The Morgan fingerprint density at radius 1 is 1.25 bits per heavy atom. The summed E-state index contributed by atoms with van der Waals surface area (Å²) in [4.78, 5) is 0. The van der Waals surface area contributed by atoms with Gasteiger partial charge in [0, 0.05) is 37.1 Å². The van der Waals surface area contributed by atoms with Crippen molar-refractivity contribution < 1.29 is 8.78 Å². The summed E-state index contributed by atoms with van der Waals surface area (Å²) in [5.74, 6) is 0. The Kier molecular flexibility index (Phi) is 6.09. The highest BCUT2D eigenvalue weighted by atomic mass is 35.5. The smallest absolute Gasteiger partial charge is 0.307 e. The Morgan fingerprint density at radius 2 is 2.00 bits per heavy atom. The molecule has 5 nitrogen and oxygen atoms in total. The van der Waals surface area contributed by atoms with E-state index in [1.54, 1.807) is 12.3 Å². The number of halogens is 3. The monoisotopic (exact) mass is 305 g/mol. The molecule has 0 atom stereocenters. The fourth-order valence-corrected chi connectivity index (χ4v) is 1.67. The number of aromatic nitrogens is 4. The second-order valence-electron chi connectivity index (χ2n) is 4.59. The number of hydrogen-bond acceptors (Lipinski definition) is 3. The van der Waals surface area contributed by atoms with Crippen molar-refractivity contribution in [2.45, 2.75) is 39.5 Å². The quantitative estimate of drug-likeness (QED) is 0.892. The molecule has 0 radical (unpaired) electrons. The molecule has 1 N–H and O–H groups in total. The third-order valence-electron chi connectivity index (χ3n) is 2.68. The van der Waals surface area contributed by atoms with Crippen LogP contribution in [0.15, 0.2) is 24.7 Å². The minimum Gasteiger partial charge on any atom is -0.307 e. The van der Waals surface area contributed by atoms with Crippen LogP contribution in [-0.2, 0) is 13.1 Å². The molecule has 0 amide bonds. The van der Waals surface area contributed by atoms with Crippen LogP contribution in [0.25, 0.3) is 0 Å². The number of alkyl halides is 2. The average molecular weight is 306 g/mol. The van der Waals surface area contributed by atoms with Crippen molar-refractivity contribution in [3.8, 4) is 0 Å². The van der Waals surface area contributed by atoms with E-state index in [1.807, 2.05) is 10.9 Å². The van der Waals surface area contributed by atoms with Crippen LogP contribution < -0.4 is 5.32 Å². The summed E-state index contributed by atoms with van der Waals surface area (Å²) in [6.45, 7) is 2.61. The van der Waals surface area contributed by atoms with Crippen molar-refractivity contribution in [1.82, 2.24) is 24.9 Å². The highest BCUT2D eigenvalue weighted by molar-refractivity contribution is 5.85. The minimum atomic E-state index is -2.59. The maximum atomic E-state index is 12.3. The van der Waals surface area contributed by atoms with Gasteiger partial charge in [-0.05, 0) is 19.9 Å². The van der Waals surface area contributed by atoms with Gasteiger partial charge in [-0.25, -0.2) is 4.68 Å². The molecule has 0 aliphatic heterocycles. The molecule has 0 aliphatic carbocycles. The molecule has 0 aromatic carbocycles. The lowest BCUT2D eigenvalue weighted by Crippen LogP contribution is -2.13. The summed E-state index contributed by atoms with van der Waals surface area (Å²) < 4.78 is 27.2. The average Bonchev–Trinajstić information content (AvgIpc) is 2.97. The zero-order chi connectivity index (χ0) is 13.8. The molecule has 0 saturated carbocycles. The van der Waals surface area contributed by atoms with Crippen LogP contribution in [0, 0.1) is 0 Å². The van der Waals surface area contributed by atoms with Gasteiger partial charge in [0.1, 0.15) is 0 Å². The van der Waals surface area contributed by atoms with E-state index in [4.69, 9.17) is 0 Å². The first kappa shape index (κ1) is 16.6. The Labute approximate surface area is 122 Å². The van der Waals surface area contributed by atoms with Gasteiger partial charge in [-0.3, -0.25) is 4.68 Å². The van der Waals surface area contributed by atoms with Gasteiger partial charge in [-0.15, -0.1) is 12.4 Å². The predicted molar refractivity (Wildman–Crippen MR) is 73.9 cm³/mol. The van der Waals surface area contributed by atoms with Gasteiger partial charge in [0.25, 0.3) is 0 Å². The van der Waals surface area contributed by atoms with Gasteiger partial charge >= 0.3 is 6.55 Å². The van der Waals surface area contributed by atoms with Crippen molar-refractivity contribution in [1.29, 1.82) is 0 Å². The second kappa shape index (κ2) is 7.35. The zero-order valence-electron chi connectivity index (χ0n) is 11.3. The summed E-state index contributed by atoms with van der Waals surface area (Å²) in [6, 6.07) is 1.91. The Morgan fingerprint density at radius 3 is 2.55 bits per heavy atom. The number of rotatable bonds is 6. The fourth-order valence-electron chi connectivity index (χ4n) is 1.67. The van der Waals surface area contributed by atoms with Crippen LogP contribution >= 0.6 is 12.4 Å². The van der Waals surface area contributed by atoms with Crippen LogP contribution in [0.1, 0.15) is 37.7 Å². The lowest BCUT2D eigenvalue weighted by Gasteiger charge is -2.03. The molecule has 0 bridgehead atoms. The first-order valence-electron chi connectivity index (χ1n) is 6.12. The molecule has 0 spiro atoms. The summed E-state index contributed by atoms with van der Waals surface area (Å²) in [6.07, 6.45) is 5.04. The number of hydrogen-bond donors (Lipinski definition) is 1. The van der Waals surface area contributed by atoms with E-state index in [9.17, 15) is 8.78 Å². The normalized spacial score (nSPS) is 11.1. The van der Waals surface area contributed by atoms with Crippen LogP contribution in [0.5, 0.6) is 0 Å². The molecule has 0 saturated heterocycles. The van der Waals surface area contributed by atoms with Gasteiger partial charge in [0.2, 0.25) is 0 Å². The van der Waals surface area contributed by atoms with E-state index in [-0.39, 0.29) is 12.4 Å². The third-order valence-corrected chi connectivity index (χ3v) is 2.68. The van der Waals surface area contributed by atoms with Crippen molar-refractivity contribution in [3.63, 3.8) is 0 Å². The Hall–Kier alpha value is -1.47. The molecule has 2 rings (SSSR count). The highest BCUT2D eigenvalue weighted by Crippen LogP contribution is 2.09. The van der Waals surface area contributed by atoms with E-state index in [0.29, 0.717) is 29.5 Å². The van der Waals surface area contributed by atoms with Gasteiger partial charge in [-0.2, -0.15) is 19.0 Å². The molecule has 2 heterocycles. The maximum absolute atomic E-state index is 12.3. The fraction of sp³-hybridized carbons (Fsp3) is 0.500. The minimum absolute atomic E-state index is 0. The second-order valence-corrected chi connectivity index (χ2v) is 4.59. The van der Waals surface area contributed by atoms with E-state index in [1.165, 1.54) is 6.20 Å². The summed E-state index contributed by atoms with van der Waals surface area (Å²) in [5.41, 5.74) is 1.65. The largest absolute Gasteiger partial charge is 0.333 e. The molecule has 0 fully saturated rings. The predicted octanol–water partition coefficient (Wildman–Crippen LogP) is 2.77. The molecular weight excluding hydrogens is 288 g/mol. The van der Waals surface area contributed by atoms with Gasteiger partial charge in [0.15, 0.2) is 0 Å². The standard InChI is InChI=1S/C12H17F2N5.ClH/c1-9(2)19-8-10(6-16-19)5-15-7-11-3-4-18(17-11)12(13)14;/h3-4,6,8-9,12,15H,5,7H2,1-2H3;1H. The summed E-state index contributed by atoms with van der Waals surface area (Å²) in [5, 5.41) is 11.1. The van der Waals surface area contributed by atoms with Crippen LogP contribution in [0.2, 0.25) is 0 Å². The van der Waals surface area contributed by atoms with E-state index < -0.39 is 6.55 Å². The van der Waals surface area contributed by atoms with E-state index >= 15 is 0 Å². The first-order valence-corrected chi connectivity index (χ1v) is 6.12. The van der Waals surface area contributed by atoms with Gasteiger partial charge in [-0.1, -0.05) is 0 Å². The van der Waals surface area contributed by atoms with Crippen molar-refractivity contribution in [2.24, 2.45) is 0 Å². The van der Waals surface area contributed by atoms with Crippen molar-refractivity contribution in [3.05, 3.63) is 35.9 Å². The third kappa shape index (κ3) is 4.28. The van der Waals surface area contributed by atoms with Gasteiger partial charge in [0.05, 0.1) is 11.9 Å². The van der Waals surface area contributed by atoms with E-state index in [0.717, 1.165) is 5.56 Å². The maximum Gasteiger partial charge on any atom is 0.333 e. The Bertz CT molecular complexity index is 477. The van der Waals surface area contributed by atoms with E-state index in [2.05, 4.69) is 29.4 Å². The van der Waals surface area contributed by atoms with Crippen LogP contribution in [0.4, 0.5) is 8.78 Å². The number of nitrogens with one attached hydrogen (secondary N) is 1. The molecule has 20 heavy (non-hydrogen) atoms. The molecular formula is C12H18ClF2N5. The molecule has 0 aliphatic rings. The Balaban J connectivity index is 0.00000200. The SMILES string of the molecule is CC(C)n1cc(CNCc2ccn(C(F)F)n2)cn1.Cl. The van der Waals surface area contributed by atoms with Gasteiger partial charge < -0.3 is 5.32 Å². The van der Waals surface area contributed by atoms with Crippen molar-refractivity contribution >= 4 is 12.4 Å². The summed E-state index contributed by atoms with van der Waals surface area (Å²) >= 11 is 0. The molecule has 2 aromatic rings. The summed E-state index contributed by atoms with van der Waals surface area (Å²) in [7, 11) is 0. The first-order chi connectivity index (χ1) is 9.06. The molecule has 112 valence electrons. The molecule has 0 unspecified atom stereocenters. The highest BCUT2D eigenvalue weighted by Gasteiger charge is 2.07. The van der Waals surface area contributed by atoms with Crippen molar-refractivity contribution in [2.75, 3.05) is 0 Å².